The van der Waals surface area contributed by atoms with Crippen LogP contribution in [-0.2, 0) is 6.54 Å². The van der Waals surface area contributed by atoms with Crippen molar-refractivity contribution in [2.75, 3.05) is 13.7 Å². The normalized spacial score (nSPS) is 10.7. The first kappa shape index (κ1) is 11.8. The summed E-state index contributed by atoms with van der Waals surface area (Å²) < 4.78 is 29.0. The largest absolute Gasteiger partial charge is 0.487 e. The third-order valence-corrected chi connectivity index (χ3v) is 1.81. The van der Waals surface area contributed by atoms with Crippen LogP contribution < -0.4 is 10.1 Å². The molecule has 1 N–H and O–H groups in total. The number of nitrogens with zero attached hydrogens (tertiary/aromatic N) is 1. The SMILES string of the molecule is CNCc1cnc(C)cc1OCC(F)F. The predicted molar refractivity (Wildman–Crippen MR) is 53.2 cm³/mol. The fraction of sp³-hybridized carbons (Fsp3) is 0.500. The monoisotopic (exact) mass is 216 g/mol. The molecular weight excluding hydrogens is 202 g/mol. The minimum Gasteiger partial charge on any atom is -0.487 e. The highest BCUT2D eigenvalue weighted by Gasteiger charge is 2.08. The van der Waals surface area contributed by atoms with E-state index in [1.54, 1.807) is 26.2 Å². The third-order valence-electron chi connectivity index (χ3n) is 1.81. The molecule has 0 radical (unpaired) electrons. The summed E-state index contributed by atoms with van der Waals surface area (Å²) in [5, 5.41) is 2.92. The van der Waals surface area contributed by atoms with Crippen LogP contribution in [0.4, 0.5) is 8.78 Å². The maximum atomic E-state index is 12.0. The molecule has 3 nitrogen and oxygen atoms in total. The lowest BCUT2D eigenvalue weighted by molar-refractivity contribution is 0.0813. The molecule has 1 aromatic rings. The Balaban J connectivity index is 2.77. The Morgan fingerprint density at radius 1 is 1.53 bits per heavy atom. The summed E-state index contributed by atoms with van der Waals surface area (Å²) in [5.41, 5.74) is 1.53. The zero-order valence-electron chi connectivity index (χ0n) is 8.76. The number of aryl methyl sites for hydroxylation is 1. The summed E-state index contributed by atoms with van der Waals surface area (Å²) in [6, 6.07) is 1.66. The van der Waals surface area contributed by atoms with E-state index in [0.717, 1.165) is 11.3 Å². The fourth-order valence-electron chi connectivity index (χ4n) is 1.17. The molecule has 0 aliphatic heterocycles. The van der Waals surface area contributed by atoms with Gasteiger partial charge in [-0.3, -0.25) is 4.98 Å². The topological polar surface area (TPSA) is 34.2 Å². The Morgan fingerprint density at radius 2 is 2.27 bits per heavy atom. The Hall–Kier alpha value is -1.23. The number of rotatable bonds is 5. The molecule has 0 spiro atoms. The molecule has 0 atom stereocenters. The second kappa shape index (κ2) is 5.60. The second-order valence-electron chi connectivity index (χ2n) is 3.17. The van der Waals surface area contributed by atoms with Gasteiger partial charge in [0, 0.05) is 30.1 Å². The highest BCUT2D eigenvalue weighted by molar-refractivity contribution is 5.32. The van der Waals surface area contributed by atoms with Gasteiger partial charge in [-0.2, -0.15) is 0 Å². The highest BCUT2D eigenvalue weighted by atomic mass is 19.3. The van der Waals surface area contributed by atoms with Gasteiger partial charge in [-0.25, -0.2) is 8.78 Å². The summed E-state index contributed by atoms with van der Waals surface area (Å²) in [7, 11) is 1.77. The molecule has 1 aromatic heterocycles. The molecule has 0 unspecified atom stereocenters. The van der Waals surface area contributed by atoms with Crippen molar-refractivity contribution in [3.63, 3.8) is 0 Å². The van der Waals surface area contributed by atoms with Crippen molar-refractivity contribution in [3.8, 4) is 5.75 Å². The molecule has 0 saturated heterocycles. The molecule has 0 amide bonds. The van der Waals surface area contributed by atoms with Crippen LogP contribution in [0.5, 0.6) is 5.75 Å². The van der Waals surface area contributed by atoms with Crippen molar-refractivity contribution >= 4 is 0 Å². The molecule has 15 heavy (non-hydrogen) atoms. The van der Waals surface area contributed by atoms with Crippen LogP contribution in [0.1, 0.15) is 11.3 Å². The van der Waals surface area contributed by atoms with Crippen molar-refractivity contribution in [2.24, 2.45) is 0 Å². The van der Waals surface area contributed by atoms with Gasteiger partial charge < -0.3 is 10.1 Å². The van der Waals surface area contributed by atoms with Gasteiger partial charge in [0.05, 0.1) is 0 Å². The number of halogens is 2. The van der Waals surface area contributed by atoms with E-state index in [2.05, 4.69) is 10.3 Å². The molecule has 0 aliphatic carbocycles. The average Bonchev–Trinajstić information content (AvgIpc) is 2.18. The number of ether oxygens (including phenoxy) is 1. The van der Waals surface area contributed by atoms with Crippen molar-refractivity contribution in [1.29, 1.82) is 0 Å². The first-order chi connectivity index (χ1) is 7.13. The number of pyridine rings is 1. The van der Waals surface area contributed by atoms with E-state index in [9.17, 15) is 8.78 Å². The van der Waals surface area contributed by atoms with Gasteiger partial charge in [0.15, 0.2) is 0 Å². The maximum Gasteiger partial charge on any atom is 0.272 e. The minimum absolute atomic E-state index is 0.470. The standard InChI is InChI=1S/C10H14F2N2O/c1-7-3-9(15-6-10(11)12)8(4-13-2)5-14-7/h3,5,10,13H,4,6H2,1-2H3. The number of hydrogen-bond donors (Lipinski definition) is 1. The van der Waals surface area contributed by atoms with Crippen molar-refractivity contribution in [3.05, 3.63) is 23.5 Å². The Morgan fingerprint density at radius 3 is 2.87 bits per heavy atom. The first-order valence-corrected chi connectivity index (χ1v) is 4.64. The number of hydrogen-bond acceptors (Lipinski definition) is 3. The molecule has 0 bridgehead atoms. The van der Waals surface area contributed by atoms with Crippen molar-refractivity contribution in [1.82, 2.24) is 10.3 Å². The van der Waals surface area contributed by atoms with Crippen LogP contribution in [0, 0.1) is 6.92 Å². The van der Waals surface area contributed by atoms with E-state index < -0.39 is 13.0 Å². The molecule has 0 aliphatic rings. The zero-order chi connectivity index (χ0) is 11.3. The Labute approximate surface area is 87.5 Å². The maximum absolute atomic E-state index is 12.0. The predicted octanol–water partition coefficient (Wildman–Crippen LogP) is 1.75. The molecule has 0 aromatic carbocycles. The van der Waals surface area contributed by atoms with E-state index in [1.807, 2.05) is 0 Å². The lowest BCUT2D eigenvalue weighted by atomic mass is 10.2. The third kappa shape index (κ3) is 3.79. The second-order valence-corrected chi connectivity index (χ2v) is 3.17. The van der Waals surface area contributed by atoms with E-state index in [1.165, 1.54) is 0 Å². The van der Waals surface area contributed by atoms with Gasteiger partial charge in [0.25, 0.3) is 6.43 Å². The molecule has 0 fully saturated rings. The Bertz CT molecular complexity index is 318. The molecule has 5 heteroatoms. The summed E-state index contributed by atoms with van der Waals surface area (Å²) in [5.74, 6) is 0.470. The average molecular weight is 216 g/mol. The van der Waals surface area contributed by atoms with Gasteiger partial charge >= 0.3 is 0 Å². The summed E-state index contributed by atoms with van der Waals surface area (Å²) in [6.07, 6.45) is -0.826. The van der Waals surface area contributed by atoms with Gasteiger partial charge in [-0.1, -0.05) is 0 Å². The van der Waals surface area contributed by atoms with E-state index in [-0.39, 0.29) is 0 Å². The quantitative estimate of drug-likeness (QED) is 0.814. The van der Waals surface area contributed by atoms with E-state index in [4.69, 9.17) is 4.74 Å². The van der Waals surface area contributed by atoms with Crippen LogP contribution in [-0.4, -0.2) is 25.1 Å². The lowest BCUT2D eigenvalue weighted by Gasteiger charge is -2.11. The van der Waals surface area contributed by atoms with E-state index in [0.29, 0.717) is 12.3 Å². The summed E-state index contributed by atoms with van der Waals surface area (Å²) in [4.78, 5) is 4.08. The number of aromatic nitrogens is 1. The summed E-state index contributed by atoms with van der Waals surface area (Å²) >= 11 is 0. The molecular formula is C10H14F2N2O. The smallest absolute Gasteiger partial charge is 0.272 e. The first-order valence-electron chi connectivity index (χ1n) is 4.64. The van der Waals surface area contributed by atoms with Crippen LogP contribution in [0.15, 0.2) is 12.3 Å². The number of alkyl halides is 2. The molecule has 84 valence electrons. The molecule has 1 heterocycles. The van der Waals surface area contributed by atoms with Crippen LogP contribution in [0.2, 0.25) is 0 Å². The van der Waals surface area contributed by atoms with Crippen LogP contribution in [0.3, 0.4) is 0 Å². The van der Waals surface area contributed by atoms with Crippen molar-refractivity contribution < 1.29 is 13.5 Å². The molecule has 1 rings (SSSR count). The minimum atomic E-state index is -2.46. The summed E-state index contributed by atoms with van der Waals surface area (Å²) in [6.45, 7) is 1.75. The lowest BCUT2D eigenvalue weighted by Crippen LogP contribution is -2.12. The van der Waals surface area contributed by atoms with Gasteiger partial charge in [-0.05, 0) is 14.0 Å². The van der Waals surface area contributed by atoms with Crippen molar-refractivity contribution in [2.45, 2.75) is 19.9 Å². The van der Waals surface area contributed by atoms with Crippen LogP contribution in [0.25, 0.3) is 0 Å². The zero-order valence-corrected chi connectivity index (χ0v) is 8.76. The highest BCUT2D eigenvalue weighted by Crippen LogP contribution is 2.18. The Kier molecular flexibility index (Phi) is 4.42. The van der Waals surface area contributed by atoms with E-state index >= 15 is 0 Å². The van der Waals surface area contributed by atoms with Gasteiger partial charge in [0.1, 0.15) is 12.4 Å². The van der Waals surface area contributed by atoms with Gasteiger partial charge in [0.2, 0.25) is 0 Å². The van der Waals surface area contributed by atoms with Crippen LogP contribution >= 0.6 is 0 Å². The number of nitrogens with one attached hydrogen (secondary N) is 1. The van der Waals surface area contributed by atoms with Gasteiger partial charge in [-0.15, -0.1) is 0 Å². The molecule has 0 saturated carbocycles. The fourth-order valence-corrected chi connectivity index (χ4v) is 1.17.